The molecule has 0 amide bonds. The van der Waals surface area contributed by atoms with E-state index in [1.54, 1.807) is 14.2 Å². The molecule has 2 rings (SSSR count). The number of hydrogen-bond acceptors (Lipinski definition) is 7. The van der Waals surface area contributed by atoms with Gasteiger partial charge in [0.05, 0.1) is 38.6 Å². The fourth-order valence-electron chi connectivity index (χ4n) is 5.24. The first-order valence-corrected chi connectivity index (χ1v) is 14.2. The van der Waals surface area contributed by atoms with Gasteiger partial charge in [-0.25, -0.2) is 0 Å². The lowest BCUT2D eigenvalue weighted by Gasteiger charge is -2.41. The third-order valence-electron chi connectivity index (χ3n) is 7.40. The van der Waals surface area contributed by atoms with Crippen LogP contribution in [0.2, 0.25) is 0 Å². The maximum Gasteiger partial charge on any atom is 0.194 e. The number of ether oxygens (including phenoxy) is 7. The minimum Gasteiger partial charge on any atom is -0.382 e. The van der Waals surface area contributed by atoms with Crippen LogP contribution in [-0.2, 0) is 33.2 Å². The van der Waals surface area contributed by atoms with E-state index < -0.39 is 11.6 Å². The average molecular weight is 503 g/mol. The van der Waals surface area contributed by atoms with Gasteiger partial charge in [-0.05, 0) is 39.5 Å². The summed E-state index contributed by atoms with van der Waals surface area (Å²) in [6.07, 6.45) is 12.2. The van der Waals surface area contributed by atoms with Crippen molar-refractivity contribution in [3.05, 3.63) is 0 Å². The van der Waals surface area contributed by atoms with Crippen LogP contribution in [0.5, 0.6) is 0 Å². The van der Waals surface area contributed by atoms with Gasteiger partial charge in [0, 0.05) is 27.1 Å². The molecule has 0 saturated carbocycles. The molecular formula is C28H54O7. The predicted octanol–water partition coefficient (Wildman–Crippen LogP) is 6.02. The number of rotatable bonds is 20. The van der Waals surface area contributed by atoms with E-state index in [4.69, 9.17) is 33.2 Å². The van der Waals surface area contributed by atoms with Crippen molar-refractivity contribution in [1.82, 2.24) is 0 Å². The van der Waals surface area contributed by atoms with Gasteiger partial charge in [-0.2, -0.15) is 0 Å². The Labute approximate surface area is 214 Å². The molecule has 2 aliphatic heterocycles. The summed E-state index contributed by atoms with van der Waals surface area (Å²) in [7, 11) is 3.43. The molecule has 7 heteroatoms. The van der Waals surface area contributed by atoms with Gasteiger partial charge in [0.2, 0.25) is 0 Å². The first kappa shape index (κ1) is 30.9. The van der Waals surface area contributed by atoms with E-state index in [0.29, 0.717) is 26.4 Å². The van der Waals surface area contributed by atoms with Crippen LogP contribution in [0.25, 0.3) is 0 Å². The summed E-state index contributed by atoms with van der Waals surface area (Å²) in [4.78, 5) is 0. The lowest BCUT2D eigenvalue weighted by Crippen LogP contribution is -2.52. The van der Waals surface area contributed by atoms with Crippen LogP contribution in [0.4, 0.5) is 0 Å². The number of unbranched alkanes of at least 4 members (excludes halogenated alkanes) is 6. The van der Waals surface area contributed by atoms with Crippen LogP contribution < -0.4 is 0 Å². The van der Waals surface area contributed by atoms with Gasteiger partial charge in [0.1, 0.15) is 12.2 Å². The second-order valence-electron chi connectivity index (χ2n) is 10.3. The Morgan fingerprint density at radius 1 is 0.686 bits per heavy atom. The molecule has 2 fully saturated rings. The average Bonchev–Trinajstić information content (AvgIpc) is 3.45. The highest BCUT2D eigenvalue weighted by Crippen LogP contribution is 2.41. The molecule has 0 aromatic rings. The van der Waals surface area contributed by atoms with Crippen LogP contribution in [0.1, 0.15) is 105 Å². The van der Waals surface area contributed by atoms with E-state index in [-0.39, 0.29) is 24.4 Å². The van der Waals surface area contributed by atoms with E-state index in [1.165, 1.54) is 38.5 Å². The van der Waals surface area contributed by atoms with E-state index in [1.807, 2.05) is 0 Å². The molecule has 6 atom stereocenters. The summed E-state index contributed by atoms with van der Waals surface area (Å²) >= 11 is 0. The van der Waals surface area contributed by atoms with Crippen LogP contribution in [0, 0.1) is 0 Å². The minimum absolute atomic E-state index is 0.0228. The van der Waals surface area contributed by atoms with Crippen molar-refractivity contribution in [2.45, 2.75) is 141 Å². The van der Waals surface area contributed by atoms with Gasteiger partial charge < -0.3 is 33.2 Å². The normalized spacial score (nSPS) is 30.7. The number of methoxy groups -OCH3 is 2. The van der Waals surface area contributed by atoms with Gasteiger partial charge in [0.15, 0.2) is 11.6 Å². The Morgan fingerprint density at radius 3 is 1.49 bits per heavy atom. The van der Waals surface area contributed by atoms with Gasteiger partial charge in [0.25, 0.3) is 0 Å². The molecule has 2 saturated heterocycles. The molecular weight excluding hydrogens is 448 g/mol. The summed E-state index contributed by atoms with van der Waals surface area (Å²) in [6.45, 7) is 11.0. The molecule has 0 aliphatic carbocycles. The Kier molecular flexibility index (Phi) is 14.6. The van der Waals surface area contributed by atoms with E-state index in [9.17, 15) is 0 Å². The van der Waals surface area contributed by atoms with Crippen molar-refractivity contribution in [1.29, 1.82) is 0 Å². The van der Waals surface area contributed by atoms with Crippen molar-refractivity contribution in [3.8, 4) is 0 Å². The Bertz CT molecular complexity index is 501. The first-order valence-electron chi connectivity index (χ1n) is 14.2. The Hall–Kier alpha value is -0.280. The first-order chi connectivity index (χ1) is 16.9. The molecule has 0 bridgehead atoms. The van der Waals surface area contributed by atoms with Gasteiger partial charge >= 0.3 is 0 Å². The molecule has 35 heavy (non-hydrogen) atoms. The molecule has 0 aromatic heterocycles. The van der Waals surface area contributed by atoms with Crippen molar-refractivity contribution >= 4 is 0 Å². The molecule has 2 heterocycles. The van der Waals surface area contributed by atoms with Crippen LogP contribution in [0.15, 0.2) is 0 Å². The second kappa shape index (κ2) is 16.5. The maximum absolute atomic E-state index is 6.65. The molecule has 0 spiro atoms. The van der Waals surface area contributed by atoms with Crippen molar-refractivity contribution < 1.29 is 33.2 Å². The maximum atomic E-state index is 6.65. The highest BCUT2D eigenvalue weighted by atomic mass is 16.8. The lowest BCUT2D eigenvalue weighted by molar-refractivity contribution is -0.328. The predicted molar refractivity (Wildman–Crippen MR) is 138 cm³/mol. The van der Waals surface area contributed by atoms with E-state index in [0.717, 1.165) is 38.5 Å². The fraction of sp³-hybridized carbons (Fsp3) is 1.00. The molecule has 0 radical (unpaired) electrons. The van der Waals surface area contributed by atoms with Crippen molar-refractivity contribution in [3.63, 3.8) is 0 Å². The molecule has 7 nitrogen and oxygen atoms in total. The minimum atomic E-state index is -0.767. The standard InChI is InChI=1S/C28H54O7/c1-7-9-11-13-19-31-27(17-15-25(34-27)21-29-5)23(3)33-24(4)28(32-20-14-12-10-8-2)18-16-26(35-28)22-30-6/h23-26H,7-22H2,1-6H3. The zero-order valence-electron chi connectivity index (χ0n) is 23.5. The summed E-state index contributed by atoms with van der Waals surface area (Å²) < 4.78 is 43.2. The summed E-state index contributed by atoms with van der Waals surface area (Å²) in [5.74, 6) is -1.53. The number of hydrogen-bond donors (Lipinski definition) is 0. The Morgan fingerprint density at radius 2 is 1.11 bits per heavy atom. The topological polar surface area (TPSA) is 64.6 Å². The largest absolute Gasteiger partial charge is 0.382 e. The smallest absolute Gasteiger partial charge is 0.194 e. The zero-order chi connectivity index (χ0) is 25.6. The molecule has 6 unspecified atom stereocenters. The highest BCUT2D eigenvalue weighted by Gasteiger charge is 2.51. The van der Waals surface area contributed by atoms with Gasteiger partial charge in [-0.3, -0.25) is 0 Å². The second-order valence-corrected chi connectivity index (χ2v) is 10.3. The van der Waals surface area contributed by atoms with E-state index in [2.05, 4.69) is 27.7 Å². The molecule has 2 aliphatic rings. The van der Waals surface area contributed by atoms with Crippen molar-refractivity contribution in [2.24, 2.45) is 0 Å². The molecule has 0 N–H and O–H groups in total. The third-order valence-corrected chi connectivity index (χ3v) is 7.40. The summed E-state index contributed by atoms with van der Waals surface area (Å²) in [6, 6.07) is 0. The molecule has 208 valence electrons. The Balaban J connectivity index is 2.05. The summed E-state index contributed by atoms with van der Waals surface area (Å²) in [5.41, 5.74) is 0. The SMILES string of the molecule is CCCCCCOC1(C(C)OC(C)C2(OCCCCCC)CCC(COC)O2)CCC(COC)O1. The summed E-state index contributed by atoms with van der Waals surface area (Å²) in [5, 5.41) is 0. The highest BCUT2D eigenvalue weighted by molar-refractivity contribution is 4.91. The fourth-order valence-corrected chi connectivity index (χ4v) is 5.24. The van der Waals surface area contributed by atoms with E-state index >= 15 is 0 Å². The molecule has 0 aromatic carbocycles. The van der Waals surface area contributed by atoms with Crippen LogP contribution in [0.3, 0.4) is 0 Å². The van der Waals surface area contributed by atoms with Crippen LogP contribution >= 0.6 is 0 Å². The zero-order valence-corrected chi connectivity index (χ0v) is 23.5. The third kappa shape index (κ3) is 9.51. The monoisotopic (exact) mass is 502 g/mol. The van der Waals surface area contributed by atoms with Gasteiger partial charge in [-0.1, -0.05) is 52.4 Å². The lowest BCUT2D eigenvalue weighted by atomic mass is 10.0. The van der Waals surface area contributed by atoms with Crippen LogP contribution in [-0.4, -0.2) is 76.6 Å². The quantitative estimate of drug-likeness (QED) is 0.189. The van der Waals surface area contributed by atoms with Gasteiger partial charge in [-0.15, -0.1) is 0 Å². The van der Waals surface area contributed by atoms with Crippen molar-refractivity contribution in [2.75, 3.05) is 40.6 Å².